The third kappa shape index (κ3) is 3.57. The second-order valence-corrected chi connectivity index (χ2v) is 6.72. The van der Waals surface area contributed by atoms with Crippen molar-refractivity contribution in [3.8, 4) is 0 Å². The second kappa shape index (κ2) is 6.77. The van der Waals surface area contributed by atoms with E-state index in [4.69, 9.17) is 4.74 Å². The molecule has 2 aliphatic heterocycles. The average molecular weight is 296 g/mol. The third-order valence-corrected chi connectivity index (χ3v) is 4.63. The van der Waals surface area contributed by atoms with E-state index < -0.39 is 0 Å². The Kier molecular flexibility index (Phi) is 5.25. The number of carbonyl (C=O) groups excluding carboxylic acids is 2. The maximum absolute atomic E-state index is 12.7. The number of amides is 2. The van der Waals surface area contributed by atoms with E-state index in [2.05, 4.69) is 26.1 Å². The number of piperazine rings is 1. The molecule has 2 heterocycles. The Balaban J connectivity index is 2.07. The predicted octanol–water partition coefficient (Wildman–Crippen LogP) is 1.56. The first-order chi connectivity index (χ1) is 9.93. The van der Waals surface area contributed by atoms with E-state index in [0.29, 0.717) is 24.8 Å². The van der Waals surface area contributed by atoms with E-state index in [9.17, 15) is 9.59 Å². The van der Waals surface area contributed by atoms with Gasteiger partial charge in [-0.05, 0) is 32.1 Å². The van der Waals surface area contributed by atoms with Gasteiger partial charge in [-0.2, -0.15) is 0 Å². The SMILES string of the molecule is CCC1OCCC1CN1C(=O)C(CC(C)C)NC(=O)C1C. The highest BCUT2D eigenvalue weighted by Crippen LogP contribution is 2.26. The summed E-state index contributed by atoms with van der Waals surface area (Å²) in [5.74, 6) is 0.768. The summed E-state index contributed by atoms with van der Waals surface area (Å²) in [7, 11) is 0. The minimum Gasteiger partial charge on any atom is -0.378 e. The molecular weight excluding hydrogens is 268 g/mol. The standard InChI is InChI=1S/C16H28N2O3/c1-5-14-12(6-7-21-14)9-18-11(4)15(19)17-13(16(18)20)8-10(2)3/h10-14H,5-9H2,1-4H3,(H,17,19). The van der Waals surface area contributed by atoms with Gasteiger partial charge in [-0.15, -0.1) is 0 Å². The van der Waals surface area contributed by atoms with Crippen LogP contribution in [0.4, 0.5) is 0 Å². The van der Waals surface area contributed by atoms with Crippen molar-refractivity contribution in [1.29, 1.82) is 0 Å². The third-order valence-electron chi connectivity index (χ3n) is 4.63. The first-order valence-corrected chi connectivity index (χ1v) is 8.16. The highest BCUT2D eigenvalue weighted by Gasteiger charge is 2.40. The number of rotatable bonds is 5. The Labute approximate surface area is 127 Å². The minimum absolute atomic E-state index is 0.0350. The topological polar surface area (TPSA) is 58.6 Å². The van der Waals surface area contributed by atoms with E-state index in [1.165, 1.54) is 0 Å². The molecule has 0 bridgehead atoms. The molecule has 0 aromatic heterocycles. The largest absolute Gasteiger partial charge is 0.378 e. The van der Waals surface area contributed by atoms with Crippen LogP contribution >= 0.6 is 0 Å². The van der Waals surface area contributed by atoms with Crippen molar-refractivity contribution in [2.75, 3.05) is 13.2 Å². The van der Waals surface area contributed by atoms with Gasteiger partial charge in [0.25, 0.3) is 0 Å². The molecule has 5 heteroatoms. The monoisotopic (exact) mass is 296 g/mol. The summed E-state index contributed by atoms with van der Waals surface area (Å²) < 4.78 is 5.71. The van der Waals surface area contributed by atoms with Crippen LogP contribution in [0, 0.1) is 11.8 Å². The van der Waals surface area contributed by atoms with Crippen molar-refractivity contribution in [3.63, 3.8) is 0 Å². The van der Waals surface area contributed by atoms with Crippen LogP contribution < -0.4 is 5.32 Å². The van der Waals surface area contributed by atoms with Crippen LogP contribution in [0.1, 0.15) is 47.0 Å². The molecule has 0 spiro atoms. The smallest absolute Gasteiger partial charge is 0.245 e. The summed E-state index contributed by atoms with van der Waals surface area (Å²) in [6.45, 7) is 9.47. The van der Waals surface area contributed by atoms with Crippen LogP contribution in [0.3, 0.4) is 0 Å². The maximum atomic E-state index is 12.7. The van der Waals surface area contributed by atoms with Gasteiger partial charge in [-0.3, -0.25) is 9.59 Å². The maximum Gasteiger partial charge on any atom is 0.245 e. The Morgan fingerprint density at radius 3 is 2.71 bits per heavy atom. The van der Waals surface area contributed by atoms with Gasteiger partial charge >= 0.3 is 0 Å². The molecule has 0 saturated carbocycles. The lowest BCUT2D eigenvalue weighted by Gasteiger charge is -2.39. The zero-order valence-electron chi connectivity index (χ0n) is 13.6. The molecule has 2 aliphatic rings. The molecule has 0 radical (unpaired) electrons. The van der Waals surface area contributed by atoms with Crippen molar-refractivity contribution < 1.29 is 14.3 Å². The highest BCUT2D eigenvalue weighted by molar-refractivity contribution is 5.96. The fraction of sp³-hybridized carbons (Fsp3) is 0.875. The first kappa shape index (κ1) is 16.3. The summed E-state index contributed by atoms with van der Waals surface area (Å²) in [6, 6.07) is -0.741. The first-order valence-electron chi connectivity index (χ1n) is 8.16. The molecule has 21 heavy (non-hydrogen) atoms. The van der Waals surface area contributed by atoms with Gasteiger partial charge in [0.15, 0.2) is 0 Å². The van der Waals surface area contributed by atoms with Crippen LogP contribution in [0.25, 0.3) is 0 Å². The highest BCUT2D eigenvalue weighted by atomic mass is 16.5. The van der Waals surface area contributed by atoms with Crippen molar-refractivity contribution in [2.24, 2.45) is 11.8 Å². The molecule has 0 aliphatic carbocycles. The molecule has 0 aromatic carbocycles. The molecule has 1 N–H and O–H groups in total. The Morgan fingerprint density at radius 1 is 1.38 bits per heavy atom. The van der Waals surface area contributed by atoms with Gasteiger partial charge in [0, 0.05) is 19.1 Å². The molecule has 0 aromatic rings. The molecule has 2 saturated heterocycles. The van der Waals surface area contributed by atoms with Crippen molar-refractivity contribution >= 4 is 11.8 Å². The van der Waals surface area contributed by atoms with Crippen molar-refractivity contribution in [3.05, 3.63) is 0 Å². The molecule has 5 nitrogen and oxygen atoms in total. The fourth-order valence-electron chi connectivity index (χ4n) is 3.37. The minimum atomic E-state index is -0.376. The van der Waals surface area contributed by atoms with E-state index >= 15 is 0 Å². The lowest BCUT2D eigenvalue weighted by molar-refractivity contribution is -0.150. The van der Waals surface area contributed by atoms with Gasteiger partial charge in [0.05, 0.1) is 6.10 Å². The number of nitrogens with one attached hydrogen (secondary N) is 1. The molecule has 4 unspecified atom stereocenters. The number of ether oxygens (including phenoxy) is 1. The van der Waals surface area contributed by atoms with Gasteiger partial charge in [-0.25, -0.2) is 0 Å². The van der Waals surface area contributed by atoms with E-state index in [0.717, 1.165) is 19.4 Å². The molecule has 120 valence electrons. The Morgan fingerprint density at radius 2 is 2.10 bits per heavy atom. The Hall–Kier alpha value is -1.10. The second-order valence-electron chi connectivity index (χ2n) is 6.72. The van der Waals surface area contributed by atoms with E-state index in [1.807, 2.05) is 6.92 Å². The van der Waals surface area contributed by atoms with Gasteiger partial charge in [0.1, 0.15) is 12.1 Å². The van der Waals surface area contributed by atoms with Crippen molar-refractivity contribution in [1.82, 2.24) is 10.2 Å². The van der Waals surface area contributed by atoms with Crippen molar-refractivity contribution in [2.45, 2.75) is 65.1 Å². The van der Waals surface area contributed by atoms with Gasteiger partial charge < -0.3 is 15.0 Å². The van der Waals surface area contributed by atoms with Gasteiger partial charge in [0.2, 0.25) is 11.8 Å². The molecular formula is C16H28N2O3. The lowest BCUT2D eigenvalue weighted by atomic mass is 9.94. The van der Waals surface area contributed by atoms with Gasteiger partial charge in [-0.1, -0.05) is 20.8 Å². The number of hydrogen-bond acceptors (Lipinski definition) is 3. The van der Waals surface area contributed by atoms with Crippen LogP contribution in [-0.4, -0.2) is 48.1 Å². The summed E-state index contributed by atoms with van der Waals surface area (Å²) >= 11 is 0. The Bertz CT molecular complexity index is 397. The normalized spacial score (nSPS) is 33.7. The van der Waals surface area contributed by atoms with Crippen LogP contribution in [0.5, 0.6) is 0 Å². The van der Waals surface area contributed by atoms with Crippen LogP contribution in [-0.2, 0) is 14.3 Å². The summed E-state index contributed by atoms with van der Waals surface area (Å²) in [5.41, 5.74) is 0. The molecule has 2 rings (SSSR count). The fourth-order valence-corrected chi connectivity index (χ4v) is 3.37. The predicted molar refractivity (Wildman–Crippen MR) is 80.7 cm³/mol. The zero-order chi connectivity index (χ0) is 15.6. The zero-order valence-corrected chi connectivity index (χ0v) is 13.6. The quantitative estimate of drug-likeness (QED) is 0.837. The summed E-state index contributed by atoms with van der Waals surface area (Å²) in [4.78, 5) is 26.6. The average Bonchev–Trinajstić information content (AvgIpc) is 2.87. The molecule has 2 amide bonds. The molecule has 2 fully saturated rings. The van der Waals surface area contributed by atoms with Crippen LogP contribution in [0.15, 0.2) is 0 Å². The number of carbonyl (C=O) groups is 2. The van der Waals surface area contributed by atoms with E-state index in [-0.39, 0.29) is 30.0 Å². The number of nitrogens with zero attached hydrogens (tertiary/aromatic N) is 1. The lowest BCUT2D eigenvalue weighted by Crippen LogP contribution is -2.63. The van der Waals surface area contributed by atoms with Crippen LogP contribution in [0.2, 0.25) is 0 Å². The number of hydrogen-bond donors (Lipinski definition) is 1. The van der Waals surface area contributed by atoms with E-state index in [1.54, 1.807) is 4.90 Å². The summed E-state index contributed by atoms with van der Waals surface area (Å²) in [6.07, 6.45) is 2.86. The molecule has 4 atom stereocenters. The summed E-state index contributed by atoms with van der Waals surface area (Å²) in [5, 5.41) is 2.87.